The number of methoxy groups -OCH3 is 1. The maximum absolute atomic E-state index is 13.7. The highest BCUT2D eigenvalue weighted by atomic mass is 19.1. The van der Waals surface area contributed by atoms with Crippen LogP contribution in [0.2, 0.25) is 0 Å². The number of nitrogens with one attached hydrogen (secondary N) is 3. The zero-order valence-electron chi connectivity index (χ0n) is 24.4. The van der Waals surface area contributed by atoms with Crippen LogP contribution >= 0.6 is 0 Å². The fraction of sp³-hybridized carbons (Fsp3) is 0.129. The van der Waals surface area contributed by atoms with Crippen molar-refractivity contribution in [3.05, 3.63) is 119 Å². The smallest absolute Gasteiger partial charge is 0.350 e. The van der Waals surface area contributed by atoms with E-state index in [0.29, 0.717) is 22.6 Å². The second kappa shape index (κ2) is 13.4. The van der Waals surface area contributed by atoms with Crippen LogP contribution in [0.5, 0.6) is 5.75 Å². The molecule has 5 N–H and O–H groups in total. The molecular weight excluding hydrogens is 579 g/mol. The number of nitrogen functional groups attached to an aromatic ring is 1. The van der Waals surface area contributed by atoms with Gasteiger partial charge in [0.1, 0.15) is 42.2 Å². The van der Waals surface area contributed by atoms with Crippen LogP contribution in [0.15, 0.2) is 85.7 Å². The molecule has 2 aromatic heterocycles. The summed E-state index contributed by atoms with van der Waals surface area (Å²) in [6.45, 7) is 0.430. The summed E-state index contributed by atoms with van der Waals surface area (Å²) in [5.41, 5.74) is 9.42. The van der Waals surface area contributed by atoms with Crippen LogP contribution in [0, 0.1) is 11.2 Å². The van der Waals surface area contributed by atoms with E-state index in [-0.39, 0.29) is 42.0 Å². The Morgan fingerprint density at radius 2 is 1.82 bits per heavy atom. The van der Waals surface area contributed by atoms with Crippen molar-refractivity contribution >= 4 is 35.0 Å². The van der Waals surface area contributed by atoms with Crippen molar-refractivity contribution in [2.45, 2.75) is 13.1 Å². The van der Waals surface area contributed by atoms with Crippen molar-refractivity contribution in [1.29, 1.82) is 5.41 Å². The number of anilines is 3. The van der Waals surface area contributed by atoms with Gasteiger partial charge in [0.2, 0.25) is 0 Å². The van der Waals surface area contributed by atoms with E-state index >= 15 is 0 Å². The molecule has 0 bridgehead atoms. The van der Waals surface area contributed by atoms with E-state index in [1.54, 1.807) is 31.3 Å². The van der Waals surface area contributed by atoms with Crippen molar-refractivity contribution in [3.8, 4) is 5.75 Å². The van der Waals surface area contributed by atoms with Gasteiger partial charge in [-0.1, -0.05) is 42.5 Å². The lowest BCUT2D eigenvalue weighted by molar-refractivity contribution is 0.0947. The van der Waals surface area contributed by atoms with Gasteiger partial charge in [0.15, 0.2) is 0 Å². The van der Waals surface area contributed by atoms with Gasteiger partial charge in [-0.05, 0) is 35.4 Å². The first-order chi connectivity index (χ1) is 21.8. The van der Waals surface area contributed by atoms with E-state index in [2.05, 4.69) is 30.7 Å². The summed E-state index contributed by atoms with van der Waals surface area (Å²) < 4.78 is 20.0. The Bertz CT molecular complexity index is 1850. The molecule has 0 aliphatic rings. The average Bonchev–Trinajstić information content (AvgIpc) is 3.61. The third kappa shape index (κ3) is 6.74. The number of carbonyl (C=O) groups is 2. The van der Waals surface area contributed by atoms with Crippen LogP contribution < -0.4 is 26.0 Å². The van der Waals surface area contributed by atoms with E-state index in [0.717, 1.165) is 21.9 Å². The fourth-order valence-corrected chi connectivity index (χ4v) is 4.58. The molecule has 0 fully saturated rings. The number of para-hydroxylation sites is 1. The molecule has 45 heavy (non-hydrogen) atoms. The van der Waals surface area contributed by atoms with Gasteiger partial charge in [-0.2, -0.15) is 9.78 Å². The molecule has 0 aliphatic heterocycles. The molecule has 0 saturated carbocycles. The predicted octanol–water partition coefficient (Wildman–Crippen LogP) is 3.86. The minimum Gasteiger partial charge on any atom is -0.496 e. The van der Waals surface area contributed by atoms with Crippen LogP contribution in [0.3, 0.4) is 0 Å². The second-order valence-corrected chi connectivity index (χ2v) is 9.75. The summed E-state index contributed by atoms with van der Waals surface area (Å²) in [5.74, 6) is -0.307. The topological polar surface area (TPSA) is 177 Å². The Balaban J connectivity index is 1.29. The summed E-state index contributed by atoms with van der Waals surface area (Å²) in [4.78, 5) is 39.2. The molecule has 0 atom stereocenters. The Labute approximate surface area is 257 Å². The van der Waals surface area contributed by atoms with Crippen molar-refractivity contribution in [2.24, 2.45) is 0 Å². The number of benzene rings is 3. The van der Waals surface area contributed by atoms with Gasteiger partial charge in [0.25, 0.3) is 5.91 Å². The van der Waals surface area contributed by atoms with Gasteiger partial charge in [0.05, 0.1) is 29.6 Å². The minimum absolute atomic E-state index is 0.0856. The molecule has 14 heteroatoms. The number of amides is 2. The van der Waals surface area contributed by atoms with Crippen molar-refractivity contribution in [2.75, 3.05) is 30.1 Å². The summed E-state index contributed by atoms with van der Waals surface area (Å²) in [6.07, 6.45) is 3.92. The third-order valence-electron chi connectivity index (χ3n) is 6.93. The Morgan fingerprint density at radius 1 is 1.04 bits per heavy atom. The first kappa shape index (κ1) is 30.3. The molecule has 13 nitrogen and oxygen atoms in total. The molecular formula is C31H29FN10O3. The molecule has 2 amide bonds. The highest BCUT2D eigenvalue weighted by Gasteiger charge is 2.20. The molecule has 228 valence electrons. The van der Waals surface area contributed by atoms with Crippen LogP contribution in [-0.2, 0) is 13.1 Å². The number of hydrogen-bond donors (Lipinski definition) is 4. The van der Waals surface area contributed by atoms with Crippen LogP contribution in [0.25, 0.3) is 0 Å². The van der Waals surface area contributed by atoms with E-state index in [1.807, 2.05) is 24.3 Å². The standard InChI is InChI=1S/C31H29FN10O3/c1-41(31(44)42-18-35-16-40-42)24-6-4-3-5-21(24)15-36-29-26(28(34)38-17-39-29)27(33)20-9-7-19(8-10-20)14-37-30(43)23-13-22(32)11-12-25(23)45-2/h3-13,16-18,33H,14-15H2,1-2H3,(H,37,43)(H3,34,36,38,39). The van der Waals surface area contributed by atoms with Gasteiger partial charge < -0.3 is 21.1 Å². The predicted molar refractivity (Wildman–Crippen MR) is 166 cm³/mol. The number of aromatic nitrogens is 5. The average molecular weight is 609 g/mol. The van der Waals surface area contributed by atoms with E-state index < -0.39 is 11.7 Å². The Hall–Kier alpha value is -6.18. The lowest BCUT2D eigenvalue weighted by atomic mass is 10.0. The number of carbonyl (C=O) groups excluding carboxylic acids is 2. The van der Waals surface area contributed by atoms with Gasteiger partial charge in [-0.3, -0.25) is 15.1 Å². The van der Waals surface area contributed by atoms with Gasteiger partial charge >= 0.3 is 6.03 Å². The second-order valence-electron chi connectivity index (χ2n) is 9.75. The van der Waals surface area contributed by atoms with Crippen LogP contribution in [0.1, 0.15) is 32.6 Å². The molecule has 0 spiro atoms. The highest BCUT2D eigenvalue weighted by Crippen LogP contribution is 2.25. The van der Waals surface area contributed by atoms with Gasteiger partial charge in [-0.25, -0.2) is 24.1 Å². The number of nitrogens with two attached hydrogens (primary N) is 1. The Kier molecular flexibility index (Phi) is 9.03. The van der Waals surface area contributed by atoms with Crippen molar-refractivity contribution in [1.82, 2.24) is 30.0 Å². The van der Waals surface area contributed by atoms with E-state index in [1.165, 1.54) is 43.1 Å². The van der Waals surface area contributed by atoms with Crippen molar-refractivity contribution < 1.29 is 18.7 Å². The van der Waals surface area contributed by atoms with E-state index in [4.69, 9.17) is 15.9 Å². The number of nitrogens with zero attached hydrogens (tertiary/aromatic N) is 6. The van der Waals surface area contributed by atoms with Gasteiger partial charge in [-0.15, -0.1) is 0 Å². The number of halogens is 1. The zero-order chi connectivity index (χ0) is 31.9. The van der Waals surface area contributed by atoms with E-state index in [9.17, 15) is 14.0 Å². The minimum atomic E-state index is -0.545. The normalized spacial score (nSPS) is 10.6. The van der Waals surface area contributed by atoms with Crippen LogP contribution in [-0.4, -0.2) is 56.5 Å². The maximum atomic E-state index is 13.7. The number of rotatable bonds is 10. The summed E-state index contributed by atoms with van der Waals surface area (Å²) in [6, 6.07) is 17.7. The molecule has 0 radical (unpaired) electrons. The largest absolute Gasteiger partial charge is 0.496 e. The van der Waals surface area contributed by atoms with Gasteiger partial charge in [0, 0.05) is 25.7 Å². The molecule has 0 aliphatic carbocycles. The molecule has 0 saturated heterocycles. The maximum Gasteiger partial charge on any atom is 0.350 e. The van der Waals surface area contributed by atoms with Crippen LogP contribution in [0.4, 0.5) is 26.5 Å². The summed E-state index contributed by atoms with van der Waals surface area (Å²) in [7, 11) is 3.05. The molecule has 5 aromatic rings. The molecule has 0 unspecified atom stereocenters. The zero-order valence-corrected chi connectivity index (χ0v) is 24.4. The Morgan fingerprint density at radius 3 is 2.56 bits per heavy atom. The fourth-order valence-electron chi connectivity index (χ4n) is 4.58. The first-order valence-corrected chi connectivity index (χ1v) is 13.6. The highest BCUT2D eigenvalue weighted by molar-refractivity contribution is 6.16. The summed E-state index contributed by atoms with van der Waals surface area (Å²) in [5, 5.41) is 18.8. The lowest BCUT2D eigenvalue weighted by Crippen LogP contribution is -2.32. The molecule has 2 heterocycles. The number of ether oxygens (including phenoxy) is 1. The first-order valence-electron chi connectivity index (χ1n) is 13.6. The summed E-state index contributed by atoms with van der Waals surface area (Å²) >= 11 is 0. The third-order valence-corrected chi connectivity index (χ3v) is 6.93. The quantitative estimate of drug-likeness (QED) is 0.171. The SMILES string of the molecule is COc1ccc(F)cc1C(=O)NCc1ccc(C(=N)c2c(N)ncnc2NCc2ccccc2N(C)C(=O)n2cncn2)cc1. The van der Waals surface area contributed by atoms with Crippen molar-refractivity contribution in [3.63, 3.8) is 0 Å². The molecule has 5 rings (SSSR count). The monoisotopic (exact) mass is 608 g/mol. The molecule has 3 aromatic carbocycles. The number of hydrogen-bond acceptors (Lipinski definition) is 10. The lowest BCUT2D eigenvalue weighted by Gasteiger charge is -2.21.